The molecule has 0 fully saturated rings. The standard InChI is InChI=1S/C15H18N4O/c1-3-12(4-2)14-19-13(8-16)15(20-14)18-10-11-6-5-7-17-9-11/h5-7,9,12,18H,3-4,10H2,1-2H3. The van der Waals surface area contributed by atoms with Gasteiger partial charge >= 0.3 is 0 Å². The van der Waals surface area contributed by atoms with Crippen LogP contribution in [0.4, 0.5) is 5.88 Å². The van der Waals surface area contributed by atoms with Gasteiger partial charge in [0.05, 0.1) is 0 Å². The molecular formula is C15H18N4O. The highest BCUT2D eigenvalue weighted by molar-refractivity contribution is 5.45. The molecule has 0 saturated carbocycles. The summed E-state index contributed by atoms with van der Waals surface area (Å²) < 4.78 is 5.71. The van der Waals surface area contributed by atoms with Gasteiger partial charge < -0.3 is 9.73 Å². The van der Waals surface area contributed by atoms with Gasteiger partial charge in [0.2, 0.25) is 17.5 Å². The van der Waals surface area contributed by atoms with Crippen molar-refractivity contribution in [2.45, 2.75) is 39.2 Å². The number of aromatic nitrogens is 2. The van der Waals surface area contributed by atoms with Crippen molar-refractivity contribution in [2.75, 3.05) is 5.32 Å². The lowest BCUT2D eigenvalue weighted by atomic mass is 10.0. The van der Waals surface area contributed by atoms with E-state index < -0.39 is 0 Å². The van der Waals surface area contributed by atoms with Crippen LogP contribution in [0.2, 0.25) is 0 Å². The maximum absolute atomic E-state index is 9.13. The zero-order chi connectivity index (χ0) is 14.4. The third-order valence-corrected chi connectivity index (χ3v) is 3.26. The molecule has 2 aromatic heterocycles. The summed E-state index contributed by atoms with van der Waals surface area (Å²) in [7, 11) is 0. The summed E-state index contributed by atoms with van der Waals surface area (Å²) in [6, 6.07) is 5.91. The fourth-order valence-corrected chi connectivity index (χ4v) is 2.03. The lowest BCUT2D eigenvalue weighted by Gasteiger charge is -2.06. The maximum atomic E-state index is 9.13. The third-order valence-electron chi connectivity index (χ3n) is 3.26. The topological polar surface area (TPSA) is 74.7 Å². The molecule has 0 saturated heterocycles. The van der Waals surface area contributed by atoms with Gasteiger partial charge in [0.15, 0.2) is 0 Å². The van der Waals surface area contributed by atoms with Crippen molar-refractivity contribution in [1.29, 1.82) is 5.26 Å². The van der Waals surface area contributed by atoms with Crippen molar-refractivity contribution in [1.82, 2.24) is 9.97 Å². The molecule has 2 heterocycles. The predicted octanol–water partition coefficient (Wildman–Crippen LogP) is 3.46. The number of anilines is 1. The van der Waals surface area contributed by atoms with Crippen molar-refractivity contribution < 1.29 is 4.42 Å². The lowest BCUT2D eigenvalue weighted by molar-refractivity contribution is 0.439. The Morgan fingerprint density at radius 1 is 1.40 bits per heavy atom. The molecule has 2 aromatic rings. The average molecular weight is 270 g/mol. The number of hydrogen-bond acceptors (Lipinski definition) is 5. The second-order valence-electron chi connectivity index (χ2n) is 4.57. The predicted molar refractivity (Wildman–Crippen MR) is 76.1 cm³/mol. The summed E-state index contributed by atoms with van der Waals surface area (Å²) in [6.45, 7) is 4.74. The lowest BCUT2D eigenvalue weighted by Crippen LogP contribution is -2.00. The van der Waals surface area contributed by atoms with Gasteiger partial charge in [0.25, 0.3) is 0 Å². The zero-order valence-corrected chi connectivity index (χ0v) is 11.8. The van der Waals surface area contributed by atoms with Crippen LogP contribution in [0.1, 0.15) is 49.8 Å². The van der Waals surface area contributed by atoms with E-state index in [0.29, 0.717) is 24.0 Å². The summed E-state index contributed by atoms with van der Waals surface area (Å²) in [5.74, 6) is 1.34. The van der Waals surface area contributed by atoms with Gasteiger partial charge in [0.1, 0.15) is 6.07 Å². The van der Waals surface area contributed by atoms with Crippen LogP contribution in [0.25, 0.3) is 0 Å². The number of nitrogens with one attached hydrogen (secondary N) is 1. The van der Waals surface area contributed by atoms with Crippen molar-refractivity contribution in [3.8, 4) is 6.07 Å². The van der Waals surface area contributed by atoms with Crippen LogP contribution in [0, 0.1) is 11.3 Å². The normalized spacial score (nSPS) is 10.5. The van der Waals surface area contributed by atoms with E-state index in [2.05, 4.69) is 35.2 Å². The van der Waals surface area contributed by atoms with Crippen LogP contribution < -0.4 is 5.32 Å². The highest BCUT2D eigenvalue weighted by Gasteiger charge is 2.18. The van der Waals surface area contributed by atoms with E-state index in [9.17, 15) is 0 Å². The minimum atomic E-state index is 0.260. The molecule has 0 aliphatic rings. The first-order valence-corrected chi connectivity index (χ1v) is 6.82. The Morgan fingerprint density at radius 2 is 2.20 bits per heavy atom. The number of nitrogens with zero attached hydrogens (tertiary/aromatic N) is 3. The Labute approximate surface area is 118 Å². The first kappa shape index (κ1) is 14.1. The van der Waals surface area contributed by atoms with Gasteiger partial charge in [-0.25, -0.2) is 4.98 Å². The number of oxazole rings is 1. The second-order valence-corrected chi connectivity index (χ2v) is 4.57. The van der Waals surface area contributed by atoms with Crippen LogP contribution >= 0.6 is 0 Å². The fraction of sp³-hybridized carbons (Fsp3) is 0.400. The van der Waals surface area contributed by atoms with Crippen molar-refractivity contribution in [3.05, 3.63) is 41.7 Å². The molecule has 0 aliphatic carbocycles. The SMILES string of the molecule is CCC(CC)c1nc(C#N)c(NCc2cccnc2)o1. The van der Waals surface area contributed by atoms with E-state index >= 15 is 0 Å². The minimum absolute atomic E-state index is 0.260. The Morgan fingerprint density at radius 3 is 2.80 bits per heavy atom. The van der Waals surface area contributed by atoms with E-state index in [0.717, 1.165) is 18.4 Å². The Bertz CT molecular complexity index is 582. The summed E-state index contributed by atoms with van der Waals surface area (Å²) in [6.07, 6.45) is 5.40. The summed E-state index contributed by atoms with van der Waals surface area (Å²) in [5, 5.41) is 12.2. The van der Waals surface area contributed by atoms with Crippen LogP contribution in [-0.2, 0) is 6.54 Å². The molecule has 0 aliphatic heterocycles. The third kappa shape index (κ3) is 3.15. The fourth-order valence-electron chi connectivity index (χ4n) is 2.03. The second kappa shape index (κ2) is 6.71. The van der Waals surface area contributed by atoms with Crippen LogP contribution in [0.5, 0.6) is 0 Å². The first-order chi connectivity index (χ1) is 9.78. The molecule has 0 radical (unpaired) electrons. The molecule has 104 valence electrons. The molecule has 0 amide bonds. The van der Waals surface area contributed by atoms with E-state index in [-0.39, 0.29) is 5.92 Å². The molecule has 2 rings (SSSR count). The monoisotopic (exact) mass is 270 g/mol. The number of pyridine rings is 1. The largest absolute Gasteiger partial charge is 0.424 e. The Kier molecular flexibility index (Phi) is 4.72. The van der Waals surface area contributed by atoms with Crippen molar-refractivity contribution >= 4 is 5.88 Å². The van der Waals surface area contributed by atoms with Gasteiger partial charge in [0, 0.05) is 24.9 Å². The molecule has 5 nitrogen and oxygen atoms in total. The number of hydrogen-bond donors (Lipinski definition) is 1. The summed E-state index contributed by atoms with van der Waals surface area (Å²) >= 11 is 0. The van der Waals surface area contributed by atoms with Gasteiger partial charge in [-0.1, -0.05) is 19.9 Å². The molecule has 5 heteroatoms. The van der Waals surface area contributed by atoms with Gasteiger partial charge in [-0.05, 0) is 24.5 Å². The molecule has 0 bridgehead atoms. The molecule has 0 atom stereocenters. The molecule has 0 unspecified atom stereocenters. The molecule has 0 spiro atoms. The number of nitriles is 1. The quantitative estimate of drug-likeness (QED) is 0.870. The smallest absolute Gasteiger partial charge is 0.232 e. The number of rotatable bonds is 6. The average Bonchev–Trinajstić information content (AvgIpc) is 2.91. The highest BCUT2D eigenvalue weighted by Crippen LogP contribution is 2.27. The summed E-state index contributed by atoms with van der Waals surface area (Å²) in [4.78, 5) is 8.33. The Balaban J connectivity index is 2.13. The van der Waals surface area contributed by atoms with E-state index in [1.807, 2.05) is 12.1 Å². The molecule has 1 N–H and O–H groups in total. The molecule has 0 aromatic carbocycles. The van der Waals surface area contributed by atoms with Gasteiger partial charge in [-0.3, -0.25) is 4.98 Å². The van der Waals surface area contributed by atoms with Crippen LogP contribution in [0.15, 0.2) is 28.9 Å². The van der Waals surface area contributed by atoms with Crippen LogP contribution in [-0.4, -0.2) is 9.97 Å². The zero-order valence-electron chi connectivity index (χ0n) is 11.8. The molecular weight excluding hydrogens is 252 g/mol. The summed E-state index contributed by atoms with van der Waals surface area (Å²) in [5.41, 5.74) is 1.34. The highest BCUT2D eigenvalue weighted by atomic mass is 16.4. The van der Waals surface area contributed by atoms with E-state index in [1.165, 1.54) is 0 Å². The molecule has 20 heavy (non-hydrogen) atoms. The van der Waals surface area contributed by atoms with E-state index in [4.69, 9.17) is 9.68 Å². The van der Waals surface area contributed by atoms with Crippen molar-refractivity contribution in [3.63, 3.8) is 0 Å². The Hall–Kier alpha value is -2.35. The van der Waals surface area contributed by atoms with Crippen LogP contribution in [0.3, 0.4) is 0 Å². The van der Waals surface area contributed by atoms with E-state index in [1.54, 1.807) is 12.4 Å². The first-order valence-electron chi connectivity index (χ1n) is 6.82. The van der Waals surface area contributed by atoms with Gasteiger partial charge in [-0.15, -0.1) is 0 Å². The van der Waals surface area contributed by atoms with Crippen molar-refractivity contribution in [2.24, 2.45) is 0 Å². The van der Waals surface area contributed by atoms with Gasteiger partial charge in [-0.2, -0.15) is 5.26 Å². The maximum Gasteiger partial charge on any atom is 0.232 e. The minimum Gasteiger partial charge on any atom is -0.424 e.